The van der Waals surface area contributed by atoms with Gasteiger partial charge in [0.1, 0.15) is 5.82 Å². The number of piperazine rings is 1. The van der Waals surface area contributed by atoms with Crippen LogP contribution >= 0.6 is 12.4 Å². The summed E-state index contributed by atoms with van der Waals surface area (Å²) in [5, 5.41) is 3.32. The van der Waals surface area contributed by atoms with E-state index >= 15 is 0 Å². The number of nitrogens with one attached hydrogen (secondary N) is 1. The second kappa shape index (κ2) is 6.88. The fraction of sp³-hybridized carbons (Fsp3) is 0.429. The average Bonchev–Trinajstić information content (AvgIpc) is 2.37. The minimum Gasteiger partial charge on any atom is -0.314 e. The first-order valence-electron chi connectivity index (χ1n) is 6.06. The zero-order chi connectivity index (χ0) is 12.3. The number of hydrogen-bond donors (Lipinski definition) is 1. The quantitative estimate of drug-likeness (QED) is 0.850. The number of benzene rings is 1. The third-order valence-electron chi connectivity index (χ3n) is 3.40. The Morgan fingerprint density at radius 3 is 2.67 bits per heavy atom. The summed E-state index contributed by atoms with van der Waals surface area (Å²) >= 11 is 0. The molecule has 0 bridgehead atoms. The van der Waals surface area contributed by atoms with Gasteiger partial charge in [-0.1, -0.05) is 18.2 Å². The molecular weight excluding hydrogens is 251 g/mol. The molecule has 1 saturated heterocycles. The van der Waals surface area contributed by atoms with Crippen LogP contribution in [0.15, 0.2) is 30.9 Å². The van der Waals surface area contributed by atoms with Gasteiger partial charge in [-0.15, -0.1) is 19.0 Å². The van der Waals surface area contributed by atoms with Crippen LogP contribution in [0.3, 0.4) is 0 Å². The highest BCUT2D eigenvalue weighted by Crippen LogP contribution is 2.26. The van der Waals surface area contributed by atoms with Gasteiger partial charge in [0, 0.05) is 26.2 Å². The Balaban J connectivity index is 0.00000162. The summed E-state index contributed by atoms with van der Waals surface area (Å²) in [6, 6.07) is 5.40. The van der Waals surface area contributed by atoms with E-state index in [1.807, 2.05) is 19.1 Å². The van der Waals surface area contributed by atoms with Crippen molar-refractivity contribution >= 4 is 12.4 Å². The van der Waals surface area contributed by atoms with Gasteiger partial charge in [0.15, 0.2) is 0 Å². The lowest BCUT2D eigenvalue weighted by atomic mass is 9.99. The molecule has 1 aliphatic rings. The van der Waals surface area contributed by atoms with E-state index in [-0.39, 0.29) is 24.3 Å². The molecule has 1 aromatic rings. The van der Waals surface area contributed by atoms with Crippen molar-refractivity contribution in [3.05, 3.63) is 47.8 Å². The van der Waals surface area contributed by atoms with Crippen molar-refractivity contribution in [1.29, 1.82) is 0 Å². The van der Waals surface area contributed by atoms with E-state index in [1.54, 1.807) is 6.07 Å². The molecule has 1 aromatic carbocycles. The molecule has 0 radical (unpaired) electrons. The maximum Gasteiger partial charge on any atom is 0.126 e. The topological polar surface area (TPSA) is 15.3 Å². The molecule has 1 N–H and O–H groups in total. The molecule has 0 spiro atoms. The van der Waals surface area contributed by atoms with Crippen LogP contribution < -0.4 is 5.32 Å². The lowest BCUT2D eigenvalue weighted by Crippen LogP contribution is -2.44. The van der Waals surface area contributed by atoms with Gasteiger partial charge in [0.05, 0.1) is 6.04 Å². The molecule has 1 heterocycles. The van der Waals surface area contributed by atoms with Crippen LogP contribution in [0.25, 0.3) is 0 Å². The van der Waals surface area contributed by atoms with E-state index in [0.29, 0.717) is 0 Å². The maximum absolute atomic E-state index is 13.6. The Kier molecular flexibility index (Phi) is 5.79. The molecule has 0 aromatic heterocycles. The van der Waals surface area contributed by atoms with Crippen molar-refractivity contribution in [2.75, 3.05) is 26.2 Å². The molecule has 2 rings (SSSR count). The smallest absolute Gasteiger partial charge is 0.126 e. The highest BCUT2D eigenvalue weighted by Gasteiger charge is 2.21. The molecule has 18 heavy (non-hydrogen) atoms. The van der Waals surface area contributed by atoms with Crippen LogP contribution in [0, 0.1) is 12.7 Å². The molecule has 0 amide bonds. The van der Waals surface area contributed by atoms with Gasteiger partial charge in [-0.3, -0.25) is 4.90 Å². The standard InChI is InChI=1S/C14H19FN2.ClH/c1-3-14(17-9-7-16-8-10-17)12-5-4-6-13(15)11(12)2;/h3-6,14,16H,1,7-10H2,2H3;1H/t14-;/m1./s1. The third kappa shape index (κ3) is 3.10. The van der Waals surface area contributed by atoms with Gasteiger partial charge < -0.3 is 5.32 Å². The van der Waals surface area contributed by atoms with E-state index in [1.165, 1.54) is 6.07 Å². The Hall–Kier alpha value is -0.900. The van der Waals surface area contributed by atoms with Crippen LogP contribution in [0.5, 0.6) is 0 Å². The zero-order valence-electron chi connectivity index (χ0n) is 10.7. The number of nitrogens with zero attached hydrogens (tertiary/aromatic N) is 1. The minimum absolute atomic E-state index is 0. The molecular formula is C14H20ClFN2. The fourth-order valence-corrected chi connectivity index (χ4v) is 2.38. The lowest BCUT2D eigenvalue weighted by molar-refractivity contribution is 0.203. The van der Waals surface area contributed by atoms with Crippen LogP contribution in [0.2, 0.25) is 0 Å². The Morgan fingerprint density at radius 2 is 2.06 bits per heavy atom. The van der Waals surface area contributed by atoms with Crippen molar-refractivity contribution in [3.63, 3.8) is 0 Å². The van der Waals surface area contributed by atoms with Crippen molar-refractivity contribution < 1.29 is 4.39 Å². The van der Waals surface area contributed by atoms with E-state index in [9.17, 15) is 4.39 Å². The van der Waals surface area contributed by atoms with Crippen molar-refractivity contribution in [1.82, 2.24) is 10.2 Å². The van der Waals surface area contributed by atoms with E-state index in [2.05, 4.69) is 16.8 Å². The average molecular weight is 271 g/mol. The lowest BCUT2D eigenvalue weighted by Gasteiger charge is -2.34. The molecule has 0 unspecified atom stereocenters. The van der Waals surface area contributed by atoms with E-state index < -0.39 is 0 Å². The van der Waals surface area contributed by atoms with Crippen molar-refractivity contribution in [3.8, 4) is 0 Å². The van der Waals surface area contributed by atoms with Gasteiger partial charge >= 0.3 is 0 Å². The highest BCUT2D eigenvalue weighted by molar-refractivity contribution is 5.85. The first kappa shape index (κ1) is 15.2. The fourth-order valence-electron chi connectivity index (χ4n) is 2.38. The summed E-state index contributed by atoms with van der Waals surface area (Å²) in [6.07, 6.45) is 1.91. The number of rotatable bonds is 3. The van der Waals surface area contributed by atoms with Crippen LogP contribution in [0.1, 0.15) is 17.2 Å². The second-order valence-corrected chi connectivity index (χ2v) is 4.42. The molecule has 1 fully saturated rings. The molecule has 0 saturated carbocycles. The Labute approximate surface area is 114 Å². The molecule has 4 heteroatoms. The Bertz CT molecular complexity index is 403. The van der Waals surface area contributed by atoms with Gasteiger partial charge in [-0.2, -0.15) is 0 Å². The van der Waals surface area contributed by atoms with Gasteiger partial charge in [-0.25, -0.2) is 4.39 Å². The molecule has 1 atom stereocenters. The second-order valence-electron chi connectivity index (χ2n) is 4.42. The van der Waals surface area contributed by atoms with E-state index in [4.69, 9.17) is 0 Å². The van der Waals surface area contributed by atoms with Crippen LogP contribution in [-0.2, 0) is 0 Å². The summed E-state index contributed by atoms with van der Waals surface area (Å²) in [7, 11) is 0. The zero-order valence-corrected chi connectivity index (χ0v) is 11.5. The third-order valence-corrected chi connectivity index (χ3v) is 3.40. The predicted molar refractivity (Wildman–Crippen MR) is 75.8 cm³/mol. The molecule has 100 valence electrons. The van der Waals surface area contributed by atoms with Crippen molar-refractivity contribution in [2.45, 2.75) is 13.0 Å². The largest absolute Gasteiger partial charge is 0.314 e. The SMILES string of the molecule is C=C[C@H](c1cccc(F)c1C)N1CCNCC1.Cl. The van der Waals surface area contributed by atoms with Gasteiger partial charge in [-0.05, 0) is 24.1 Å². The summed E-state index contributed by atoms with van der Waals surface area (Å²) in [5.41, 5.74) is 1.76. The van der Waals surface area contributed by atoms with Crippen LogP contribution in [-0.4, -0.2) is 31.1 Å². The first-order valence-corrected chi connectivity index (χ1v) is 6.06. The molecule has 2 nitrogen and oxygen atoms in total. The van der Waals surface area contributed by atoms with Gasteiger partial charge in [0.25, 0.3) is 0 Å². The summed E-state index contributed by atoms with van der Waals surface area (Å²) in [6.45, 7) is 9.66. The maximum atomic E-state index is 13.6. The normalized spacial score (nSPS) is 17.9. The Morgan fingerprint density at radius 1 is 1.39 bits per heavy atom. The summed E-state index contributed by atoms with van der Waals surface area (Å²) in [4.78, 5) is 2.34. The predicted octanol–water partition coefficient (Wildman–Crippen LogP) is 2.69. The molecule has 0 aliphatic carbocycles. The van der Waals surface area contributed by atoms with Crippen molar-refractivity contribution in [2.24, 2.45) is 0 Å². The first-order chi connectivity index (χ1) is 8.24. The monoisotopic (exact) mass is 270 g/mol. The number of halogens is 2. The summed E-state index contributed by atoms with van der Waals surface area (Å²) < 4.78 is 13.6. The van der Waals surface area contributed by atoms with E-state index in [0.717, 1.165) is 37.3 Å². The van der Waals surface area contributed by atoms with Crippen LogP contribution in [0.4, 0.5) is 4.39 Å². The minimum atomic E-state index is -0.135. The highest BCUT2D eigenvalue weighted by atomic mass is 35.5. The number of hydrogen-bond acceptors (Lipinski definition) is 2. The summed E-state index contributed by atoms with van der Waals surface area (Å²) in [5.74, 6) is -0.135. The molecule has 1 aliphatic heterocycles. The van der Waals surface area contributed by atoms with Gasteiger partial charge in [0.2, 0.25) is 0 Å².